The lowest BCUT2D eigenvalue weighted by atomic mass is 10.00. The number of amidine groups is 2. The molecule has 1 aliphatic rings. The van der Waals surface area contributed by atoms with Gasteiger partial charge in [-0.05, 0) is 168 Å². The Labute approximate surface area is 755 Å². The number of aliphatic imine (C=N–C) groups is 1. The number of nitrogens with zero attached hydrogens (tertiary/aromatic N) is 4. The minimum Gasteiger partial charge on any atom is -0.506 e. The topological polar surface area (TPSA) is 378 Å². The third-order valence-corrected chi connectivity index (χ3v) is 20.6. The first-order valence-corrected chi connectivity index (χ1v) is 40.6. The van der Waals surface area contributed by atoms with Crippen LogP contribution in [-0.4, -0.2) is 110 Å². The van der Waals surface area contributed by atoms with E-state index in [0.29, 0.717) is 77.4 Å². The fraction of sp³-hybridized carbons (Fsp3) is 0.124. The average Bonchev–Trinajstić information content (AvgIpc) is 0.757. The summed E-state index contributed by atoms with van der Waals surface area (Å²) in [7, 11) is 1.48. The van der Waals surface area contributed by atoms with Gasteiger partial charge in [-0.2, -0.15) is 4.48 Å². The number of likely N-dealkylation sites (N-methyl/N-ethyl adjacent to an activating group) is 1. The van der Waals surface area contributed by atoms with Crippen molar-refractivity contribution in [3.05, 3.63) is 399 Å². The number of rotatable bonds is 26. The molecule has 10 N–H and O–H groups in total. The fourth-order valence-corrected chi connectivity index (χ4v) is 13.5. The van der Waals surface area contributed by atoms with Gasteiger partial charge in [-0.25, -0.2) is 59.1 Å². The SMILES string of the molecule is CC(=O)OCCc1ccc(-n2c(N)c(C(=O)c3ccc(F)cc3F)ccc2=O)cc1.CC(=O)OCCc1ccc(N=C(N)CC(=O)c2ccc(F)cc2F)cc1.C[N+]1(c2ccc(CC=O)cc2)C(=N)C(=C(O)c2ccc(F)cc2F)C=CC1=O.N=C(CC(=O)c1ccc(F)cc1F)Sc1ccc(Cl)cc1.Nc1c(C(=O)c2ccc(F)cc2F)ccc(=O)n1-c1ccc(CCO)cc1. The van der Waals surface area contributed by atoms with E-state index in [1.807, 2.05) is 0 Å². The van der Waals surface area contributed by atoms with Crippen molar-refractivity contribution in [2.24, 2.45) is 10.7 Å². The number of hydrogen-bond donors (Lipinski definition) is 7. The van der Waals surface area contributed by atoms with E-state index in [1.54, 1.807) is 121 Å². The molecule has 2 aromatic heterocycles. The van der Waals surface area contributed by atoms with Gasteiger partial charge in [0.25, 0.3) is 11.1 Å². The molecule has 0 spiro atoms. The number of ketones is 4. The second-order valence-corrected chi connectivity index (χ2v) is 30.3. The van der Waals surface area contributed by atoms with Crippen LogP contribution in [0.25, 0.3) is 17.1 Å². The highest BCUT2D eigenvalue weighted by Crippen LogP contribution is 2.34. The summed E-state index contributed by atoms with van der Waals surface area (Å²) in [5.41, 5.74) is 20.6. The normalized spacial score (nSPS) is 12.9. The highest BCUT2D eigenvalue weighted by atomic mass is 35.5. The lowest BCUT2D eigenvalue weighted by Crippen LogP contribution is -2.56. The smallest absolute Gasteiger partial charge is 0.349 e. The summed E-state index contributed by atoms with van der Waals surface area (Å²) in [4.78, 5) is 124. The maximum Gasteiger partial charge on any atom is 0.349 e. The molecule has 35 heteroatoms. The van der Waals surface area contributed by atoms with Crippen molar-refractivity contribution in [2.45, 2.75) is 57.3 Å². The van der Waals surface area contributed by atoms with Gasteiger partial charge in [0.15, 0.2) is 23.1 Å². The van der Waals surface area contributed by atoms with Crippen LogP contribution in [0.3, 0.4) is 0 Å². The largest absolute Gasteiger partial charge is 0.506 e. The van der Waals surface area contributed by atoms with Crippen molar-refractivity contribution >= 4 is 116 Å². The van der Waals surface area contributed by atoms with Gasteiger partial charge in [-0.1, -0.05) is 71.9 Å². The monoisotopic (exact) mass is 1850 g/mol. The number of ether oxygens (including phenoxy) is 2. The number of halogens is 11. The number of aldehydes is 1. The van der Waals surface area contributed by atoms with Crippen LogP contribution >= 0.6 is 23.4 Å². The highest BCUT2D eigenvalue weighted by Gasteiger charge is 2.44. The van der Waals surface area contributed by atoms with Gasteiger partial charge in [-0.3, -0.25) is 52.9 Å². The molecule has 1 aliphatic heterocycles. The zero-order valence-corrected chi connectivity index (χ0v) is 71.6. The number of thioether (sulfide) groups is 1. The van der Waals surface area contributed by atoms with Crippen molar-refractivity contribution in [3.8, 4) is 11.4 Å². The van der Waals surface area contributed by atoms with Gasteiger partial charge in [0.2, 0.25) is 5.84 Å². The zero-order chi connectivity index (χ0) is 96.4. The van der Waals surface area contributed by atoms with E-state index in [-0.39, 0.29) is 124 Å². The minimum absolute atomic E-state index is 0.00530. The van der Waals surface area contributed by atoms with Crippen molar-refractivity contribution in [1.29, 1.82) is 10.8 Å². The Morgan fingerprint density at radius 3 is 1.25 bits per heavy atom. The third-order valence-electron chi connectivity index (χ3n) is 19.4. The summed E-state index contributed by atoms with van der Waals surface area (Å²) in [6.45, 7) is 3.18. The molecule has 0 saturated carbocycles. The standard InChI is InChI=1S/C22H18F2N2O4.C21H16F2N2O3.C20H16F2N2O3.C19H18F2N2O3.C15H10ClF2NOS/c1-13(27)30-11-10-14-2-5-16(6-3-14)26-20(28)9-8-18(22(26)25)21(29)17-7-4-15(23)12-19(17)24;1-25(15-5-2-13(3-6-15)10-11-26)19(27)9-8-17(21(25)24)20(28)16-7-4-14(22)12-18(16)23;21-13-3-6-15(17(22)11-13)19(27)16-7-8-18(26)24(20(16)23)14-4-1-12(2-5-14)9-10-25;1-12(24)26-9-8-13-2-5-15(6-3-13)23-19(22)11-18(25)16-7-4-14(20)10-17(16)21;16-9-1-4-11(5-2-9)21-15(19)8-14(20)12-6-3-10(17)7-13(12)18/h2-9,12H,10-11,25H2,1H3;2-9,11-12H,10H2,1H3,(H-,24,27,28);1-8,11,25H,9-10,23H2;2-7,10H,8-9,11H2,1H3,(H2,22,23);1-7,19H,8H2/p+1. The molecule has 10 aromatic carbocycles. The van der Waals surface area contributed by atoms with Gasteiger partial charge < -0.3 is 41.7 Å². The Morgan fingerprint density at radius 1 is 0.485 bits per heavy atom. The van der Waals surface area contributed by atoms with Crippen LogP contribution < -0.4 is 32.8 Å². The number of anilines is 2. The van der Waals surface area contributed by atoms with Crippen LogP contribution in [0.1, 0.15) is 107 Å². The Hall–Kier alpha value is -15.4. The maximum atomic E-state index is 14.1. The Bertz CT molecular complexity index is 6620. The van der Waals surface area contributed by atoms with Crippen LogP contribution in [0.5, 0.6) is 0 Å². The Kier molecular flexibility index (Phi) is 35.4. The number of benzene rings is 10. The molecule has 23 nitrogen and oxygen atoms in total. The number of Topliss-reactive ketones (excluding diaryl/α,β-unsaturated/α-hetero) is 2. The number of quaternary nitrogens is 1. The number of aliphatic hydroxyl groups is 2. The molecular weight excluding hydrogens is 1770 g/mol. The van der Waals surface area contributed by atoms with Gasteiger partial charge in [0, 0.05) is 110 Å². The number of nitrogens with one attached hydrogen (secondary N) is 2. The Balaban J connectivity index is 0.000000186. The lowest BCUT2D eigenvalue weighted by Gasteiger charge is -2.32. The molecule has 1 unspecified atom stereocenters. The number of carbonyl (C=O) groups is 8. The van der Waals surface area contributed by atoms with Crippen LogP contribution in [0.4, 0.5) is 66.9 Å². The first-order valence-electron chi connectivity index (χ1n) is 39.4. The first-order chi connectivity index (χ1) is 62.8. The predicted molar refractivity (Wildman–Crippen MR) is 479 cm³/mol. The molecule has 678 valence electrons. The predicted octanol–water partition coefficient (Wildman–Crippen LogP) is 17.5. The number of pyridine rings is 2. The van der Waals surface area contributed by atoms with Crippen molar-refractivity contribution in [2.75, 3.05) is 38.3 Å². The molecular formula is C97H79ClF10N9O14S+. The minimum atomic E-state index is -1.02. The van der Waals surface area contributed by atoms with Crippen LogP contribution in [-0.2, 0) is 54.3 Å². The van der Waals surface area contributed by atoms with E-state index in [1.165, 1.54) is 45.2 Å². The van der Waals surface area contributed by atoms with Crippen LogP contribution in [0, 0.1) is 69.0 Å². The van der Waals surface area contributed by atoms with E-state index in [2.05, 4.69) is 4.99 Å². The second kappa shape index (κ2) is 46.6. The van der Waals surface area contributed by atoms with E-state index in [0.717, 1.165) is 127 Å². The summed E-state index contributed by atoms with van der Waals surface area (Å²) >= 11 is 6.85. The molecule has 0 aliphatic carbocycles. The summed E-state index contributed by atoms with van der Waals surface area (Å²) in [6.07, 6.45) is 4.44. The number of nitrogens with two attached hydrogens (primary N) is 3. The molecule has 13 rings (SSSR count). The molecule has 0 saturated heterocycles. The van der Waals surface area contributed by atoms with E-state index < -0.39 is 109 Å². The van der Waals surface area contributed by atoms with Gasteiger partial charge >= 0.3 is 17.8 Å². The van der Waals surface area contributed by atoms with Crippen molar-refractivity contribution in [1.82, 2.24) is 13.6 Å². The number of nitrogen functional groups attached to an aromatic ring is 2. The molecule has 3 heterocycles. The fourth-order valence-electron chi connectivity index (χ4n) is 12.6. The summed E-state index contributed by atoms with van der Waals surface area (Å²) in [5.74, 6) is -13.7. The van der Waals surface area contributed by atoms with Crippen LogP contribution in [0.2, 0.25) is 5.02 Å². The molecule has 1 atom stereocenters. The van der Waals surface area contributed by atoms with E-state index in [4.69, 9.17) is 54.2 Å². The zero-order valence-electron chi connectivity index (χ0n) is 70.0. The molecule has 1 amide bonds. The van der Waals surface area contributed by atoms with E-state index in [9.17, 15) is 97.0 Å². The van der Waals surface area contributed by atoms with E-state index >= 15 is 0 Å². The third kappa shape index (κ3) is 26.9. The average molecular weight is 1850 g/mol. The van der Waals surface area contributed by atoms with Crippen LogP contribution in [0.15, 0.2) is 274 Å². The summed E-state index contributed by atoms with van der Waals surface area (Å²) < 4.78 is 146. The quantitative estimate of drug-likeness (QED) is 0.00305. The molecule has 132 heavy (non-hydrogen) atoms. The number of aliphatic hydroxyl groups excluding tert-OH is 2. The number of carbonyl (C=O) groups excluding carboxylic acids is 8. The van der Waals surface area contributed by atoms with Gasteiger partial charge in [0.05, 0.1) is 99.7 Å². The van der Waals surface area contributed by atoms with Crippen molar-refractivity contribution in [3.63, 3.8) is 0 Å². The lowest BCUT2D eigenvalue weighted by molar-refractivity contribution is -0.141. The molecule has 12 aromatic rings. The molecule has 0 bridgehead atoms. The maximum absolute atomic E-state index is 14.1. The molecule has 0 radical (unpaired) electrons. The van der Waals surface area contributed by atoms with Gasteiger partial charge in [-0.15, -0.1) is 0 Å². The number of aromatic nitrogens is 2. The number of esters is 2. The summed E-state index contributed by atoms with van der Waals surface area (Å²) in [5, 5.41) is 36.5. The van der Waals surface area contributed by atoms with Gasteiger partial charge in [0.1, 0.15) is 93.4 Å². The highest BCUT2D eigenvalue weighted by molar-refractivity contribution is 8.13. The number of hydrogen-bond acceptors (Lipinski definition) is 20. The molecule has 0 fully saturated rings. The van der Waals surface area contributed by atoms with Crippen molar-refractivity contribution < 1.29 is 102 Å². The number of amides is 1. The first kappa shape index (κ1) is 100. The summed E-state index contributed by atoms with van der Waals surface area (Å²) in [6, 6.07) is 52.1. The second-order valence-electron chi connectivity index (χ2n) is 28.7. The Morgan fingerprint density at radius 2 is 0.856 bits per heavy atom.